The van der Waals surface area contributed by atoms with Crippen molar-refractivity contribution in [3.63, 3.8) is 0 Å². The number of hydrogen-bond donors (Lipinski definition) is 1. The number of ether oxygens (including phenoxy) is 3. The Morgan fingerprint density at radius 3 is 2.63 bits per heavy atom. The van der Waals surface area contributed by atoms with Crippen molar-refractivity contribution in [2.75, 3.05) is 7.11 Å². The minimum absolute atomic E-state index is 0.124. The molecule has 0 unspecified atom stereocenters. The topological polar surface area (TPSA) is 56.8 Å². The van der Waals surface area contributed by atoms with Gasteiger partial charge in [-0.05, 0) is 51.5 Å². The van der Waals surface area contributed by atoms with Crippen LogP contribution in [-0.2, 0) is 4.79 Å². The second-order valence-electron chi connectivity index (χ2n) is 7.58. The number of nitrogens with one attached hydrogen (secondary N) is 1. The molecular formula is C22H27NO4. The van der Waals surface area contributed by atoms with Gasteiger partial charge in [-0.1, -0.05) is 24.3 Å². The zero-order valence-electron chi connectivity index (χ0n) is 16.5. The van der Waals surface area contributed by atoms with Gasteiger partial charge < -0.3 is 19.5 Å². The largest absolute Gasteiger partial charge is 0.493 e. The highest BCUT2D eigenvalue weighted by molar-refractivity contribution is 5.81. The van der Waals surface area contributed by atoms with E-state index in [1.165, 1.54) is 0 Å². The van der Waals surface area contributed by atoms with E-state index in [1.54, 1.807) is 26.2 Å². The van der Waals surface area contributed by atoms with Crippen molar-refractivity contribution in [1.82, 2.24) is 5.32 Å². The Kier molecular flexibility index (Phi) is 5.31. The Morgan fingerprint density at radius 1 is 1.22 bits per heavy atom. The van der Waals surface area contributed by atoms with E-state index in [9.17, 15) is 4.79 Å². The van der Waals surface area contributed by atoms with Crippen LogP contribution in [0.2, 0.25) is 0 Å². The van der Waals surface area contributed by atoms with Gasteiger partial charge in [-0.2, -0.15) is 0 Å². The van der Waals surface area contributed by atoms with E-state index in [2.05, 4.69) is 5.32 Å². The molecule has 0 radical (unpaired) electrons. The number of hydrogen-bond acceptors (Lipinski definition) is 4. The Morgan fingerprint density at radius 2 is 1.93 bits per heavy atom. The third-order valence-electron chi connectivity index (χ3n) is 4.68. The number of aryl methyl sites for hydroxylation is 1. The maximum absolute atomic E-state index is 12.8. The summed E-state index contributed by atoms with van der Waals surface area (Å²) < 4.78 is 17.2. The highest BCUT2D eigenvalue weighted by Crippen LogP contribution is 2.40. The molecule has 0 spiro atoms. The standard InChI is InChI=1S/C22H27NO4/c1-14-10-11-16-17(13-22(3,4)27-20(16)12-14)23-21(24)15(2)26-19-9-7-6-8-18(19)25-5/h6-12,15,17H,13H2,1-5H3,(H,23,24)/t15-,17+/m0/s1. The summed E-state index contributed by atoms with van der Waals surface area (Å²) >= 11 is 0. The quantitative estimate of drug-likeness (QED) is 0.859. The summed E-state index contributed by atoms with van der Waals surface area (Å²) in [5.74, 6) is 1.81. The third-order valence-corrected chi connectivity index (χ3v) is 4.68. The van der Waals surface area contributed by atoms with Gasteiger partial charge in [0, 0.05) is 12.0 Å². The average Bonchev–Trinajstić information content (AvgIpc) is 2.60. The second-order valence-corrected chi connectivity index (χ2v) is 7.58. The summed E-state index contributed by atoms with van der Waals surface area (Å²) in [5, 5.41) is 3.12. The van der Waals surface area contributed by atoms with E-state index >= 15 is 0 Å². The van der Waals surface area contributed by atoms with Crippen LogP contribution in [-0.4, -0.2) is 24.7 Å². The van der Waals surface area contributed by atoms with Crippen LogP contribution in [0.3, 0.4) is 0 Å². The van der Waals surface area contributed by atoms with Crippen LogP contribution < -0.4 is 19.5 Å². The van der Waals surface area contributed by atoms with Crippen LogP contribution in [0.25, 0.3) is 0 Å². The van der Waals surface area contributed by atoms with Gasteiger partial charge >= 0.3 is 0 Å². The average molecular weight is 369 g/mol. The minimum atomic E-state index is -0.652. The fraction of sp³-hybridized carbons (Fsp3) is 0.409. The van der Waals surface area contributed by atoms with Gasteiger partial charge in [0.15, 0.2) is 17.6 Å². The smallest absolute Gasteiger partial charge is 0.261 e. The molecule has 0 aliphatic carbocycles. The van der Waals surface area contributed by atoms with Crippen LogP contribution in [0.15, 0.2) is 42.5 Å². The van der Waals surface area contributed by atoms with E-state index in [1.807, 2.05) is 51.1 Å². The van der Waals surface area contributed by atoms with E-state index in [4.69, 9.17) is 14.2 Å². The molecule has 27 heavy (non-hydrogen) atoms. The number of carbonyl (C=O) groups excluding carboxylic acids is 1. The fourth-order valence-electron chi connectivity index (χ4n) is 3.34. The SMILES string of the molecule is COc1ccccc1O[C@@H](C)C(=O)N[C@@H]1CC(C)(C)Oc2cc(C)ccc21. The van der Waals surface area contributed by atoms with E-state index in [0.717, 1.165) is 16.9 Å². The van der Waals surface area contributed by atoms with Crippen molar-refractivity contribution in [3.8, 4) is 17.2 Å². The van der Waals surface area contributed by atoms with Crippen LogP contribution in [0.4, 0.5) is 0 Å². The molecule has 5 heteroatoms. The predicted octanol–water partition coefficient (Wildman–Crippen LogP) is 4.19. The highest BCUT2D eigenvalue weighted by Gasteiger charge is 2.35. The molecule has 3 rings (SSSR count). The Hall–Kier alpha value is -2.69. The van der Waals surface area contributed by atoms with Crippen molar-refractivity contribution in [2.24, 2.45) is 0 Å². The molecule has 5 nitrogen and oxygen atoms in total. The first-order chi connectivity index (χ1) is 12.8. The molecule has 0 saturated carbocycles. The molecule has 1 N–H and O–H groups in total. The maximum atomic E-state index is 12.8. The number of methoxy groups -OCH3 is 1. The van der Waals surface area contributed by atoms with Crippen LogP contribution in [0.1, 0.15) is 44.4 Å². The molecule has 1 aliphatic heterocycles. The van der Waals surface area contributed by atoms with Gasteiger partial charge in [0.1, 0.15) is 11.4 Å². The van der Waals surface area contributed by atoms with Gasteiger partial charge in [-0.25, -0.2) is 0 Å². The second kappa shape index (κ2) is 7.51. The molecule has 2 aromatic carbocycles. The molecule has 0 bridgehead atoms. The number of para-hydroxylation sites is 2. The molecular weight excluding hydrogens is 342 g/mol. The van der Waals surface area contributed by atoms with Crippen LogP contribution in [0, 0.1) is 6.92 Å². The molecule has 144 valence electrons. The Labute approximate surface area is 160 Å². The highest BCUT2D eigenvalue weighted by atomic mass is 16.5. The fourth-order valence-corrected chi connectivity index (χ4v) is 3.34. The summed E-state index contributed by atoms with van der Waals surface area (Å²) in [5.41, 5.74) is 1.77. The summed E-state index contributed by atoms with van der Waals surface area (Å²) in [6.45, 7) is 7.84. The lowest BCUT2D eigenvalue weighted by molar-refractivity contribution is -0.128. The first-order valence-electron chi connectivity index (χ1n) is 9.19. The summed E-state index contributed by atoms with van der Waals surface area (Å²) in [4.78, 5) is 12.8. The molecule has 1 amide bonds. The zero-order valence-corrected chi connectivity index (χ0v) is 16.5. The number of amides is 1. The first-order valence-corrected chi connectivity index (χ1v) is 9.19. The van der Waals surface area contributed by atoms with Gasteiger partial charge in [0.25, 0.3) is 5.91 Å². The van der Waals surface area contributed by atoms with Crippen molar-refractivity contribution in [3.05, 3.63) is 53.6 Å². The zero-order chi connectivity index (χ0) is 19.6. The van der Waals surface area contributed by atoms with Crippen molar-refractivity contribution >= 4 is 5.91 Å². The number of rotatable bonds is 5. The lowest BCUT2D eigenvalue weighted by atomic mass is 9.89. The van der Waals surface area contributed by atoms with Crippen molar-refractivity contribution in [1.29, 1.82) is 0 Å². The third kappa shape index (κ3) is 4.35. The summed E-state index contributed by atoms with van der Waals surface area (Å²) in [7, 11) is 1.58. The maximum Gasteiger partial charge on any atom is 0.261 e. The van der Waals surface area contributed by atoms with E-state index in [0.29, 0.717) is 17.9 Å². The molecule has 0 fully saturated rings. The predicted molar refractivity (Wildman–Crippen MR) is 104 cm³/mol. The van der Waals surface area contributed by atoms with Crippen LogP contribution >= 0.6 is 0 Å². The molecule has 0 aromatic heterocycles. The molecule has 1 heterocycles. The van der Waals surface area contributed by atoms with Gasteiger partial charge in [-0.15, -0.1) is 0 Å². The molecule has 0 saturated heterocycles. The van der Waals surface area contributed by atoms with Crippen molar-refractivity contribution in [2.45, 2.75) is 51.9 Å². The normalized spacial score (nSPS) is 18.6. The summed E-state index contributed by atoms with van der Waals surface area (Å²) in [6.07, 6.45) is 0.0389. The van der Waals surface area contributed by atoms with Gasteiger partial charge in [-0.3, -0.25) is 4.79 Å². The number of fused-ring (bicyclic) bond motifs is 1. The first kappa shape index (κ1) is 19.1. The number of benzene rings is 2. The molecule has 1 aliphatic rings. The van der Waals surface area contributed by atoms with E-state index in [-0.39, 0.29) is 17.6 Å². The monoisotopic (exact) mass is 369 g/mol. The number of carbonyl (C=O) groups is 1. The summed E-state index contributed by atoms with van der Waals surface area (Å²) in [6, 6.07) is 13.3. The van der Waals surface area contributed by atoms with Crippen LogP contribution in [0.5, 0.6) is 17.2 Å². The lowest BCUT2D eigenvalue weighted by Crippen LogP contribution is -2.44. The minimum Gasteiger partial charge on any atom is -0.493 e. The molecule has 2 aromatic rings. The van der Waals surface area contributed by atoms with E-state index < -0.39 is 6.10 Å². The van der Waals surface area contributed by atoms with Crippen molar-refractivity contribution < 1.29 is 19.0 Å². The van der Waals surface area contributed by atoms with Gasteiger partial charge in [0.05, 0.1) is 13.2 Å². The van der Waals surface area contributed by atoms with Gasteiger partial charge in [0.2, 0.25) is 0 Å². The Bertz CT molecular complexity index is 831. The molecule has 2 atom stereocenters. The lowest BCUT2D eigenvalue weighted by Gasteiger charge is -2.38. The Balaban J connectivity index is 1.75.